The number of nitrogens with zero attached hydrogens (tertiary/aromatic N) is 1. The quantitative estimate of drug-likeness (QED) is 0.531. The lowest BCUT2D eigenvalue weighted by Crippen LogP contribution is -2.33. The van der Waals surface area contributed by atoms with Gasteiger partial charge in [0.1, 0.15) is 0 Å². The Morgan fingerprint density at radius 2 is 1.59 bits per heavy atom. The zero-order valence-corrected chi connectivity index (χ0v) is 17.8. The van der Waals surface area contributed by atoms with Crippen LogP contribution in [0.1, 0.15) is 58.0 Å². The summed E-state index contributed by atoms with van der Waals surface area (Å²) in [4.78, 5) is 29.4. The van der Waals surface area contributed by atoms with Crippen LogP contribution in [-0.4, -0.2) is 34.6 Å². The summed E-state index contributed by atoms with van der Waals surface area (Å²) in [6, 6.07) is 17.8. The molecule has 6 heteroatoms. The van der Waals surface area contributed by atoms with E-state index in [2.05, 4.69) is 15.6 Å². The molecule has 1 atom stereocenters. The SMILES string of the molecule is O=C(NC1CCCC1)c1cccc([C@@H](CO)NC(=O)c2ccc(-c3ccncc3)cc2)c1. The maximum absolute atomic E-state index is 12.8. The standard InChI is InChI=1S/C26H27N3O3/c30-17-24(21-4-3-5-22(16-21)26(32)28-23-6-1-2-7-23)29-25(31)20-10-8-18(9-11-20)19-12-14-27-15-13-19/h3-5,8-16,23-24,30H,1-2,6-7,17H2,(H,28,32)(H,29,31)/t24-/m1/s1. The number of aromatic nitrogens is 1. The molecule has 2 amide bonds. The molecule has 6 nitrogen and oxygen atoms in total. The third-order valence-electron chi connectivity index (χ3n) is 5.89. The molecule has 2 aromatic carbocycles. The second-order valence-electron chi connectivity index (χ2n) is 8.10. The van der Waals surface area contributed by atoms with Gasteiger partial charge in [-0.3, -0.25) is 14.6 Å². The van der Waals surface area contributed by atoms with Gasteiger partial charge in [-0.15, -0.1) is 0 Å². The maximum Gasteiger partial charge on any atom is 0.251 e. The average molecular weight is 430 g/mol. The van der Waals surface area contributed by atoms with Crippen LogP contribution in [0.2, 0.25) is 0 Å². The molecular formula is C26H27N3O3. The normalized spacial score (nSPS) is 14.7. The van der Waals surface area contributed by atoms with Gasteiger partial charge in [0.05, 0.1) is 12.6 Å². The largest absolute Gasteiger partial charge is 0.394 e. The van der Waals surface area contributed by atoms with Crippen molar-refractivity contribution in [3.8, 4) is 11.1 Å². The number of rotatable bonds is 7. The second kappa shape index (κ2) is 10.2. The van der Waals surface area contributed by atoms with Gasteiger partial charge in [-0.1, -0.05) is 37.1 Å². The van der Waals surface area contributed by atoms with Gasteiger partial charge in [-0.25, -0.2) is 0 Å². The molecular weight excluding hydrogens is 402 g/mol. The van der Waals surface area contributed by atoms with Crippen molar-refractivity contribution >= 4 is 11.8 Å². The number of amides is 2. The van der Waals surface area contributed by atoms with E-state index in [1.807, 2.05) is 24.3 Å². The van der Waals surface area contributed by atoms with Crippen molar-refractivity contribution in [2.45, 2.75) is 37.8 Å². The summed E-state index contributed by atoms with van der Waals surface area (Å²) in [5.41, 5.74) is 3.73. The topological polar surface area (TPSA) is 91.3 Å². The fraction of sp³-hybridized carbons (Fsp3) is 0.269. The number of hydrogen-bond acceptors (Lipinski definition) is 4. The molecule has 1 saturated carbocycles. The van der Waals surface area contributed by atoms with E-state index < -0.39 is 6.04 Å². The lowest BCUT2D eigenvalue weighted by atomic mass is 10.0. The lowest BCUT2D eigenvalue weighted by molar-refractivity contribution is 0.0915. The third-order valence-corrected chi connectivity index (χ3v) is 5.89. The predicted molar refractivity (Wildman–Crippen MR) is 123 cm³/mol. The van der Waals surface area contributed by atoms with Gasteiger partial charge in [-0.2, -0.15) is 0 Å². The van der Waals surface area contributed by atoms with E-state index in [9.17, 15) is 14.7 Å². The molecule has 0 radical (unpaired) electrons. The highest BCUT2D eigenvalue weighted by molar-refractivity contribution is 5.96. The molecule has 0 spiro atoms. The Bertz CT molecular complexity index is 1060. The zero-order chi connectivity index (χ0) is 22.3. The summed E-state index contributed by atoms with van der Waals surface area (Å²) in [5, 5.41) is 15.8. The molecule has 1 aliphatic carbocycles. The summed E-state index contributed by atoms with van der Waals surface area (Å²) in [7, 11) is 0. The smallest absolute Gasteiger partial charge is 0.251 e. The van der Waals surface area contributed by atoms with Crippen LogP contribution in [0.4, 0.5) is 0 Å². The van der Waals surface area contributed by atoms with Gasteiger partial charge in [0.15, 0.2) is 0 Å². The third kappa shape index (κ3) is 5.21. The lowest BCUT2D eigenvalue weighted by Gasteiger charge is -2.18. The number of pyridine rings is 1. The Balaban J connectivity index is 1.43. The van der Waals surface area contributed by atoms with E-state index in [0.29, 0.717) is 16.7 Å². The van der Waals surface area contributed by atoms with E-state index in [4.69, 9.17) is 0 Å². The van der Waals surface area contributed by atoms with Crippen molar-refractivity contribution in [2.75, 3.05) is 6.61 Å². The van der Waals surface area contributed by atoms with Crippen LogP contribution < -0.4 is 10.6 Å². The van der Waals surface area contributed by atoms with Crippen molar-refractivity contribution in [2.24, 2.45) is 0 Å². The first-order chi connectivity index (χ1) is 15.6. The molecule has 164 valence electrons. The van der Waals surface area contributed by atoms with Gasteiger partial charge in [-0.05, 0) is 65.9 Å². The molecule has 32 heavy (non-hydrogen) atoms. The highest BCUT2D eigenvalue weighted by Gasteiger charge is 2.20. The molecule has 0 unspecified atom stereocenters. The first-order valence-corrected chi connectivity index (χ1v) is 11.0. The Kier molecular flexibility index (Phi) is 6.92. The van der Waals surface area contributed by atoms with Gasteiger partial charge >= 0.3 is 0 Å². The Morgan fingerprint density at radius 3 is 2.28 bits per heavy atom. The van der Waals surface area contributed by atoms with Crippen molar-refractivity contribution < 1.29 is 14.7 Å². The number of aliphatic hydroxyl groups is 1. The number of aliphatic hydroxyl groups excluding tert-OH is 1. The van der Waals surface area contributed by atoms with Crippen LogP contribution in [0.5, 0.6) is 0 Å². The highest BCUT2D eigenvalue weighted by atomic mass is 16.3. The molecule has 3 aromatic rings. The molecule has 0 saturated heterocycles. The van der Waals surface area contributed by atoms with Crippen LogP contribution in [0.15, 0.2) is 73.1 Å². The summed E-state index contributed by atoms with van der Waals surface area (Å²) >= 11 is 0. The summed E-state index contributed by atoms with van der Waals surface area (Å²) < 4.78 is 0. The van der Waals surface area contributed by atoms with E-state index in [-0.39, 0.29) is 24.5 Å². The maximum atomic E-state index is 12.8. The van der Waals surface area contributed by atoms with Crippen LogP contribution in [-0.2, 0) is 0 Å². The van der Waals surface area contributed by atoms with Crippen molar-refractivity contribution in [3.05, 3.63) is 89.7 Å². The minimum absolute atomic E-state index is 0.117. The minimum atomic E-state index is -0.610. The number of benzene rings is 2. The van der Waals surface area contributed by atoms with E-state index >= 15 is 0 Å². The second-order valence-corrected chi connectivity index (χ2v) is 8.10. The van der Waals surface area contributed by atoms with Gasteiger partial charge in [0.2, 0.25) is 0 Å². The summed E-state index contributed by atoms with van der Waals surface area (Å²) in [5.74, 6) is -0.403. The van der Waals surface area contributed by atoms with Gasteiger partial charge in [0.25, 0.3) is 11.8 Å². The summed E-state index contributed by atoms with van der Waals surface area (Å²) in [6.45, 7) is -0.269. The van der Waals surface area contributed by atoms with E-state index in [0.717, 1.165) is 36.8 Å². The van der Waals surface area contributed by atoms with E-state index in [1.54, 1.807) is 48.8 Å². The molecule has 1 fully saturated rings. The minimum Gasteiger partial charge on any atom is -0.394 e. The Morgan fingerprint density at radius 1 is 0.906 bits per heavy atom. The molecule has 1 heterocycles. The molecule has 0 aliphatic heterocycles. The zero-order valence-electron chi connectivity index (χ0n) is 17.8. The molecule has 4 rings (SSSR count). The molecule has 1 aromatic heterocycles. The van der Waals surface area contributed by atoms with E-state index in [1.165, 1.54) is 0 Å². The number of carbonyl (C=O) groups is 2. The molecule has 1 aliphatic rings. The van der Waals surface area contributed by atoms with Crippen molar-refractivity contribution in [3.63, 3.8) is 0 Å². The first-order valence-electron chi connectivity index (χ1n) is 11.0. The van der Waals surface area contributed by atoms with Gasteiger partial charge < -0.3 is 15.7 Å². The predicted octanol–water partition coefficient (Wildman–Crippen LogP) is 3.88. The van der Waals surface area contributed by atoms with Crippen molar-refractivity contribution in [1.82, 2.24) is 15.6 Å². The fourth-order valence-corrected chi connectivity index (χ4v) is 4.07. The Hall–Kier alpha value is -3.51. The van der Waals surface area contributed by atoms with Crippen molar-refractivity contribution in [1.29, 1.82) is 0 Å². The molecule has 3 N–H and O–H groups in total. The van der Waals surface area contributed by atoms with Crippen LogP contribution >= 0.6 is 0 Å². The number of hydrogen-bond donors (Lipinski definition) is 3. The number of nitrogens with one attached hydrogen (secondary N) is 2. The highest BCUT2D eigenvalue weighted by Crippen LogP contribution is 2.21. The van der Waals surface area contributed by atoms with Crippen LogP contribution in [0, 0.1) is 0 Å². The average Bonchev–Trinajstić information content (AvgIpc) is 3.36. The first kappa shape index (κ1) is 21.7. The van der Waals surface area contributed by atoms with Crippen LogP contribution in [0.25, 0.3) is 11.1 Å². The molecule has 0 bridgehead atoms. The summed E-state index contributed by atoms with van der Waals surface area (Å²) in [6.07, 6.45) is 7.77. The Labute approximate surface area is 187 Å². The van der Waals surface area contributed by atoms with Crippen LogP contribution in [0.3, 0.4) is 0 Å². The monoisotopic (exact) mass is 429 g/mol. The van der Waals surface area contributed by atoms with Gasteiger partial charge in [0, 0.05) is 29.6 Å². The fourth-order valence-electron chi connectivity index (χ4n) is 4.07. The number of carbonyl (C=O) groups excluding carboxylic acids is 2.